The highest BCUT2D eigenvalue weighted by Gasteiger charge is 2.06. The van der Waals surface area contributed by atoms with Crippen LogP contribution in [0.5, 0.6) is 0 Å². The molecule has 0 heterocycles. The molecule has 0 bridgehead atoms. The van der Waals surface area contributed by atoms with Gasteiger partial charge in [-0.1, -0.05) is 25.1 Å². The molecule has 0 aromatic heterocycles. The van der Waals surface area contributed by atoms with E-state index in [0.29, 0.717) is 18.7 Å². The van der Waals surface area contributed by atoms with Gasteiger partial charge in [0.1, 0.15) is 5.82 Å². The summed E-state index contributed by atoms with van der Waals surface area (Å²) < 4.78 is 18.3. The molecule has 1 N–H and O–H groups in total. The maximum Gasteiger partial charge on any atom is 0.127 e. The van der Waals surface area contributed by atoms with Gasteiger partial charge in [0, 0.05) is 25.3 Å². The summed E-state index contributed by atoms with van der Waals surface area (Å²) in [6.45, 7) is 3.29. The topological polar surface area (TPSA) is 21.3 Å². The third kappa shape index (κ3) is 3.98. The SMILES string of the molecule is CC[C@@H](COC)NCc1ccccc1F. The zero-order valence-corrected chi connectivity index (χ0v) is 9.29. The first-order valence-corrected chi connectivity index (χ1v) is 5.23. The lowest BCUT2D eigenvalue weighted by Crippen LogP contribution is -2.32. The smallest absolute Gasteiger partial charge is 0.127 e. The maximum absolute atomic E-state index is 13.3. The second-order valence-electron chi connectivity index (χ2n) is 3.53. The van der Waals surface area contributed by atoms with Crippen molar-refractivity contribution in [3.63, 3.8) is 0 Å². The summed E-state index contributed by atoms with van der Waals surface area (Å²) in [5, 5.41) is 3.26. The Kier molecular flexibility index (Phi) is 5.29. The lowest BCUT2D eigenvalue weighted by Gasteiger charge is -2.15. The Hall–Kier alpha value is -0.930. The first-order chi connectivity index (χ1) is 7.27. The van der Waals surface area contributed by atoms with Gasteiger partial charge in [0.15, 0.2) is 0 Å². The molecule has 0 aliphatic carbocycles. The Balaban J connectivity index is 2.45. The largest absolute Gasteiger partial charge is 0.383 e. The van der Waals surface area contributed by atoms with Crippen molar-refractivity contribution < 1.29 is 9.13 Å². The Morgan fingerprint density at radius 3 is 2.73 bits per heavy atom. The highest BCUT2D eigenvalue weighted by atomic mass is 19.1. The predicted octanol–water partition coefficient (Wildman–Crippen LogP) is 2.34. The van der Waals surface area contributed by atoms with Gasteiger partial charge >= 0.3 is 0 Å². The van der Waals surface area contributed by atoms with Gasteiger partial charge < -0.3 is 10.1 Å². The Bertz CT molecular complexity index is 291. The molecule has 0 fully saturated rings. The van der Waals surface area contributed by atoms with E-state index in [1.54, 1.807) is 19.2 Å². The third-order valence-corrected chi connectivity index (χ3v) is 2.40. The van der Waals surface area contributed by atoms with E-state index in [4.69, 9.17) is 4.74 Å². The standard InChI is InChI=1S/C12H18FNO/c1-3-11(9-15-2)14-8-10-6-4-5-7-12(10)13/h4-7,11,14H,3,8-9H2,1-2H3/t11-/m0/s1. The Labute approximate surface area is 90.4 Å². The number of rotatable bonds is 6. The summed E-state index contributed by atoms with van der Waals surface area (Å²) in [7, 11) is 1.67. The van der Waals surface area contributed by atoms with Crippen LogP contribution >= 0.6 is 0 Å². The van der Waals surface area contributed by atoms with E-state index >= 15 is 0 Å². The molecule has 15 heavy (non-hydrogen) atoms. The second kappa shape index (κ2) is 6.53. The number of hydrogen-bond donors (Lipinski definition) is 1. The van der Waals surface area contributed by atoms with Crippen LogP contribution in [-0.2, 0) is 11.3 Å². The number of nitrogens with one attached hydrogen (secondary N) is 1. The van der Waals surface area contributed by atoms with Crippen LogP contribution < -0.4 is 5.32 Å². The van der Waals surface area contributed by atoms with E-state index < -0.39 is 0 Å². The van der Waals surface area contributed by atoms with Crippen molar-refractivity contribution >= 4 is 0 Å². The molecule has 1 atom stereocenters. The van der Waals surface area contributed by atoms with Crippen LogP contribution in [0, 0.1) is 5.82 Å². The van der Waals surface area contributed by atoms with Crippen LogP contribution in [-0.4, -0.2) is 19.8 Å². The highest BCUT2D eigenvalue weighted by molar-refractivity contribution is 5.16. The van der Waals surface area contributed by atoms with Gasteiger partial charge in [0.25, 0.3) is 0 Å². The molecule has 0 spiro atoms. The van der Waals surface area contributed by atoms with Crippen molar-refractivity contribution in [1.29, 1.82) is 0 Å². The first kappa shape index (κ1) is 12.1. The van der Waals surface area contributed by atoms with Gasteiger partial charge in [-0.15, -0.1) is 0 Å². The number of hydrogen-bond acceptors (Lipinski definition) is 2. The van der Waals surface area contributed by atoms with Crippen LogP contribution in [0.15, 0.2) is 24.3 Å². The maximum atomic E-state index is 13.3. The van der Waals surface area contributed by atoms with Gasteiger partial charge in [0.2, 0.25) is 0 Å². The normalized spacial score (nSPS) is 12.7. The molecule has 1 rings (SSSR count). The van der Waals surface area contributed by atoms with Gasteiger partial charge in [-0.3, -0.25) is 0 Å². The number of benzene rings is 1. The second-order valence-corrected chi connectivity index (χ2v) is 3.53. The lowest BCUT2D eigenvalue weighted by atomic mass is 10.2. The van der Waals surface area contributed by atoms with Crippen LogP contribution in [0.2, 0.25) is 0 Å². The number of halogens is 1. The van der Waals surface area contributed by atoms with E-state index in [9.17, 15) is 4.39 Å². The molecular weight excluding hydrogens is 193 g/mol. The van der Waals surface area contributed by atoms with E-state index in [1.165, 1.54) is 6.07 Å². The summed E-state index contributed by atoms with van der Waals surface area (Å²) in [4.78, 5) is 0. The van der Waals surface area contributed by atoms with Crippen LogP contribution in [0.4, 0.5) is 4.39 Å². The van der Waals surface area contributed by atoms with Gasteiger partial charge in [0.05, 0.1) is 6.61 Å². The first-order valence-electron chi connectivity index (χ1n) is 5.23. The summed E-state index contributed by atoms with van der Waals surface area (Å²) in [5.74, 6) is -0.155. The zero-order valence-electron chi connectivity index (χ0n) is 9.29. The molecule has 1 aromatic rings. The van der Waals surface area contributed by atoms with E-state index in [1.807, 2.05) is 6.07 Å². The van der Waals surface area contributed by atoms with E-state index in [-0.39, 0.29) is 11.9 Å². The van der Waals surface area contributed by atoms with Crippen molar-refractivity contribution in [2.75, 3.05) is 13.7 Å². The molecule has 0 aliphatic rings. The van der Waals surface area contributed by atoms with Gasteiger partial charge in [-0.25, -0.2) is 4.39 Å². The van der Waals surface area contributed by atoms with Crippen molar-refractivity contribution in [3.05, 3.63) is 35.6 Å². The minimum atomic E-state index is -0.155. The molecule has 0 unspecified atom stereocenters. The molecule has 0 aliphatic heterocycles. The average Bonchev–Trinajstić information content (AvgIpc) is 2.26. The van der Waals surface area contributed by atoms with Gasteiger partial charge in [-0.2, -0.15) is 0 Å². The van der Waals surface area contributed by atoms with Crippen molar-refractivity contribution in [1.82, 2.24) is 5.32 Å². The van der Waals surface area contributed by atoms with Crippen LogP contribution in [0.3, 0.4) is 0 Å². The fraction of sp³-hybridized carbons (Fsp3) is 0.500. The predicted molar refractivity (Wildman–Crippen MR) is 59.2 cm³/mol. The fourth-order valence-electron chi connectivity index (χ4n) is 1.42. The highest BCUT2D eigenvalue weighted by Crippen LogP contribution is 2.06. The van der Waals surface area contributed by atoms with Crippen molar-refractivity contribution in [2.24, 2.45) is 0 Å². The Morgan fingerprint density at radius 2 is 2.13 bits per heavy atom. The van der Waals surface area contributed by atoms with Crippen LogP contribution in [0.25, 0.3) is 0 Å². The van der Waals surface area contributed by atoms with E-state index in [0.717, 1.165) is 6.42 Å². The molecule has 2 nitrogen and oxygen atoms in total. The van der Waals surface area contributed by atoms with Crippen molar-refractivity contribution in [2.45, 2.75) is 25.9 Å². The van der Waals surface area contributed by atoms with Gasteiger partial charge in [-0.05, 0) is 12.5 Å². The molecule has 3 heteroatoms. The summed E-state index contributed by atoms with van der Waals surface area (Å²) in [5.41, 5.74) is 0.701. The lowest BCUT2D eigenvalue weighted by molar-refractivity contribution is 0.163. The summed E-state index contributed by atoms with van der Waals surface area (Å²) >= 11 is 0. The number of methoxy groups -OCH3 is 1. The third-order valence-electron chi connectivity index (χ3n) is 2.40. The van der Waals surface area contributed by atoms with Crippen LogP contribution in [0.1, 0.15) is 18.9 Å². The molecule has 0 radical (unpaired) electrons. The summed E-state index contributed by atoms with van der Waals surface area (Å²) in [6, 6.07) is 7.10. The van der Waals surface area contributed by atoms with Crippen molar-refractivity contribution in [3.8, 4) is 0 Å². The minimum absolute atomic E-state index is 0.155. The molecule has 84 valence electrons. The zero-order chi connectivity index (χ0) is 11.1. The molecular formula is C12H18FNO. The number of ether oxygens (including phenoxy) is 1. The molecule has 0 amide bonds. The average molecular weight is 211 g/mol. The molecule has 0 saturated heterocycles. The summed E-state index contributed by atoms with van der Waals surface area (Å²) in [6.07, 6.45) is 0.974. The quantitative estimate of drug-likeness (QED) is 0.779. The monoisotopic (exact) mass is 211 g/mol. The molecule has 0 saturated carbocycles. The fourth-order valence-corrected chi connectivity index (χ4v) is 1.42. The Morgan fingerprint density at radius 1 is 1.40 bits per heavy atom. The molecule has 1 aromatic carbocycles. The minimum Gasteiger partial charge on any atom is -0.383 e. The van der Waals surface area contributed by atoms with E-state index in [2.05, 4.69) is 12.2 Å².